The lowest BCUT2D eigenvalue weighted by atomic mass is 9.65. The van der Waals surface area contributed by atoms with Gasteiger partial charge in [-0.15, -0.1) is 11.1 Å². The number of rotatable bonds is 2. The Labute approximate surface area is 104 Å². The van der Waals surface area contributed by atoms with Crippen LogP contribution in [-0.2, 0) is 0 Å². The summed E-state index contributed by atoms with van der Waals surface area (Å²) in [4.78, 5) is 8.58. The summed E-state index contributed by atoms with van der Waals surface area (Å²) in [6, 6.07) is 0. The van der Waals surface area contributed by atoms with E-state index in [0.717, 1.165) is 23.7 Å². The quantitative estimate of drug-likeness (QED) is 0.795. The van der Waals surface area contributed by atoms with Crippen LogP contribution in [0.1, 0.15) is 33.6 Å². The predicted molar refractivity (Wildman–Crippen MR) is 71.9 cm³/mol. The third-order valence-electron chi connectivity index (χ3n) is 3.74. The number of nitrogens with zero attached hydrogens (tertiary/aromatic N) is 3. The van der Waals surface area contributed by atoms with E-state index in [9.17, 15) is 5.11 Å². The van der Waals surface area contributed by atoms with E-state index in [1.807, 2.05) is 6.92 Å². The molecule has 17 heavy (non-hydrogen) atoms. The smallest absolute Gasteiger partial charge is 0.162 e. The molecule has 1 fully saturated rings. The van der Waals surface area contributed by atoms with Gasteiger partial charge in [-0.3, -0.25) is 3.97 Å². The first-order chi connectivity index (χ1) is 7.98. The van der Waals surface area contributed by atoms with Crippen LogP contribution < -0.4 is 0 Å². The Kier molecular flexibility index (Phi) is 2.38. The van der Waals surface area contributed by atoms with E-state index >= 15 is 0 Å². The van der Waals surface area contributed by atoms with Crippen LogP contribution in [0.3, 0.4) is 0 Å². The highest BCUT2D eigenvalue weighted by Gasteiger charge is 2.43. The molecule has 0 spiro atoms. The fraction of sp³-hybridized carbons (Fsp3) is 0.667. The molecule has 0 bridgehead atoms. The van der Waals surface area contributed by atoms with Crippen molar-refractivity contribution in [1.29, 1.82) is 0 Å². The van der Waals surface area contributed by atoms with Crippen molar-refractivity contribution in [2.45, 2.75) is 39.0 Å². The van der Waals surface area contributed by atoms with E-state index in [1.54, 1.807) is 12.5 Å². The average molecular weight is 253 g/mol. The lowest BCUT2D eigenvalue weighted by Crippen LogP contribution is -2.40. The number of thiol groups is 1. The van der Waals surface area contributed by atoms with Crippen LogP contribution in [0.4, 0.5) is 5.82 Å². The highest BCUT2D eigenvalue weighted by Crippen LogP contribution is 2.54. The maximum absolute atomic E-state index is 10.5. The topological polar surface area (TPSA) is 50.4 Å². The maximum atomic E-state index is 10.5. The summed E-state index contributed by atoms with van der Waals surface area (Å²) < 4.78 is 2.06. The third kappa shape index (κ3) is 1.72. The molecule has 0 saturated heterocycles. The molecule has 1 aliphatic heterocycles. The summed E-state index contributed by atoms with van der Waals surface area (Å²) in [7, 11) is 0. The molecule has 1 aromatic rings. The number of hydrogen-bond acceptors (Lipinski definition) is 3. The van der Waals surface area contributed by atoms with Crippen LogP contribution in [0.15, 0.2) is 17.5 Å². The van der Waals surface area contributed by atoms with Gasteiger partial charge in [-0.25, -0.2) is 9.98 Å². The van der Waals surface area contributed by atoms with E-state index < -0.39 is 11.1 Å². The SMILES string of the molecule is CC1=Nc2cncn2[SH]1C(O)C1CC(C)(C)C1. The molecule has 0 aromatic carbocycles. The van der Waals surface area contributed by atoms with Gasteiger partial charge in [0, 0.05) is 0 Å². The van der Waals surface area contributed by atoms with E-state index in [1.165, 1.54) is 0 Å². The molecule has 1 aliphatic carbocycles. The zero-order valence-electron chi connectivity index (χ0n) is 10.5. The first-order valence-corrected chi connectivity index (χ1v) is 7.39. The summed E-state index contributed by atoms with van der Waals surface area (Å²) >= 11 is -0.722. The van der Waals surface area contributed by atoms with Crippen molar-refractivity contribution in [2.24, 2.45) is 16.3 Å². The average Bonchev–Trinajstić information content (AvgIpc) is 2.72. The predicted octanol–water partition coefficient (Wildman–Crippen LogP) is 2.47. The fourth-order valence-electron chi connectivity index (χ4n) is 2.99. The zero-order valence-corrected chi connectivity index (χ0v) is 11.4. The summed E-state index contributed by atoms with van der Waals surface area (Å²) in [6.45, 7) is 6.55. The van der Waals surface area contributed by atoms with Crippen LogP contribution in [0, 0.1) is 11.3 Å². The molecule has 3 rings (SSSR count). The molecule has 2 aliphatic rings. The van der Waals surface area contributed by atoms with Crippen molar-refractivity contribution < 1.29 is 5.11 Å². The minimum absolute atomic E-state index is 0.266. The molecule has 5 heteroatoms. The van der Waals surface area contributed by atoms with Gasteiger partial charge >= 0.3 is 0 Å². The van der Waals surface area contributed by atoms with Gasteiger partial charge in [-0.05, 0) is 31.1 Å². The Bertz CT molecular complexity index is 472. The molecule has 2 heterocycles. The van der Waals surface area contributed by atoms with Gasteiger partial charge in [0.15, 0.2) is 5.82 Å². The number of hydrogen-bond donors (Lipinski definition) is 2. The summed E-state index contributed by atoms with van der Waals surface area (Å²) in [6.07, 6.45) is 5.80. The van der Waals surface area contributed by atoms with Crippen molar-refractivity contribution >= 4 is 21.9 Å². The first-order valence-electron chi connectivity index (χ1n) is 6.03. The van der Waals surface area contributed by atoms with Crippen molar-refractivity contribution in [1.82, 2.24) is 8.96 Å². The van der Waals surface area contributed by atoms with Gasteiger partial charge in [0.2, 0.25) is 0 Å². The Morgan fingerprint density at radius 2 is 2.24 bits per heavy atom. The molecule has 94 valence electrons. The number of aliphatic hydroxyl groups excluding tert-OH is 1. The number of fused-ring (bicyclic) bond motifs is 1. The molecule has 2 atom stereocenters. The molecule has 4 nitrogen and oxygen atoms in total. The molecule has 0 radical (unpaired) electrons. The Morgan fingerprint density at radius 3 is 2.88 bits per heavy atom. The fourth-order valence-corrected chi connectivity index (χ4v) is 5.24. The molecule has 1 N–H and O–H groups in total. The van der Waals surface area contributed by atoms with Gasteiger partial charge < -0.3 is 5.11 Å². The van der Waals surface area contributed by atoms with Crippen LogP contribution in [-0.4, -0.2) is 24.5 Å². The molecule has 0 amide bonds. The molecular weight excluding hydrogens is 234 g/mol. The summed E-state index contributed by atoms with van der Waals surface area (Å²) in [5, 5.41) is 11.6. The van der Waals surface area contributed by atoms with Crippen LogP contribution >= 0.6 is 11.1 Å². The van der Waals surface area contributed by atoms with Crippen LogP contribution in [0.2, 0.25) is 0 Å². The second kappa shape index (κ2) is 3.59. The summed E-state index contributed by atoms with van der Waals surface area (Å²) in [5.41, 5.74) is 0.140. The number of aliphatic hydroxyl groups is 1. The Hall–Kier alpha value is -0.810. The van der Waals surface area contributed by atoms with Crippen LogP contribution in [0.5, 0.6) is 0 Å². The third-order valence-corrected chi connectivity index (χ3v) is 6.20. The van der Waals surface area contributed by atoms with Gasteiger partial charge in [0.05, 0.1) is 11.2 Å². The molecule has 1 aromatic heterocycles. The van der Waals surface area contributed by atoms with E-state index in [2.05, 4.69) is 27.8 Å². The zero-order chi connectivity index (χ0) is 12.2. The van der Waals surface area contributed by atoms with E-state index in [4.69, 9.17) is 0 Å². The second-order valence-electron chi connectivity index (χ2n) is 5.85. The van der Waals surface area contributed by atoms with Crippen molar-refractivity contribution in [3.63, 3.8) is 0 Å². The second-order valence-corrected chi connectivity index (χ2v) is 8.14. The highest BCUT2D eigenvalue weighted by atomic mass is 32.2. The minimum Gasteiger partial charge on any atom is -0.382 e. The lowest BCUT2D eigenvalue weighted by molar-refractivity contribution is 0.0291. The molecular formula is C12H19N3OS. The van der Waals surface area contributed by atoms with Gasteiger partial charge in [-0.1, -0.05) is 13.8 Å². The van der Waals surface area contributed by atoms with E-state index in [0.29, 0.717) is 11.3 Å². The van der Waals surface area contributed by atoms with Crippen molar-refractivity contribution in [3.05, 3.63) is 12.5 Å². The maximum Gasteiger partial charge on any atom is 0.162 e. The van der Waals surface area contributed by atoms with Gasteiger partial charge in [0.25, 0.3) is 0 Å². The number of aromatic nitrogens is 2. The minimum atomic E-state index is -0.722. The van der Waals surface area contributed by atoms with Gasteiger partial charge in [0.1, 0.15) is 11.8 Å². The number of aliphatic imine (C=N–C) groups is 1. The Morgan fingerprint density at radius 1 is 1.53 bits per heavy atom. The highest BCUT2D eigenvalue weighted by molar-refractivity contribution is 8.29. The molecule has 1 saturated carbocycles. The normalized spacial score (nSPS) is 30.6. The standard InChI is InChI=1S/C12H19N3OS/c1-8-14-10-6-13-7-15(10)17(8)11(16)9-4-12(2,3)5-9/h6-7,9,11,16-17H,4-5H2,1-3H3. The van der Waals surface area contributed by atoms with Crippen molar-refractivity contribution in [2.75, 3.05) is 0 Å². The number of imidazole rings is 1. The summed E-state index contributed by atoms with van der Waals surface area (Å²) in [5.74, 6) is 1.32. The molecule has 2 unspecified atom stereocenters. The van der Waals surface area contributed by atoms with Crippen LogP contribution in [0.25, 0.3) is 0 Å². The van der Waals surface area contributed by atoms with Gasteiger partial charge in [-0.2, -0.15) is 0 Å². The van der Waals surface area contributed by atoms with E-state index in [-0.39, 0.29) is 5.44 Å². The Balaban J connectivity index is 1.80. The largest absolute Gasteiger partial charge is 0.382 e. The van der Waals surface area contributed by atoms with Crippen molar-refractivity contribution in [3.8, 4) is 0 Å². The first kappa shape index (κ1) is 11.3. The lowest BCUT2D eigenvalue weighted by Gasteiger charge is -2.47. The monoisotopic (exact) mass is 253 g/mol.